The molecule has 10 heteroatoms. The van der Waals surface area contributed by atoms with Gasteiger partial charge in [-0.15, -0.1) is 0 Å². The van der Waals surface area contributed by atoms with Crippen LogP contribution < -0.4 is 14.4 Å². The van der Waals surface area contributed by atoms with Gasteiger partial charge in [0.15, 0.2) is 0 Å². The molecule has 3 aromatic carbocycles. The largest absolute Gasteiger partial charge is 0.495 e. The van der Waals surface area contributed by atoms with Gasteiger partial charge in [-0.2, -0.15) is 0 Å². The van der Waals surface area contributed by atoms with Gasteiger partial charge in [-0.25, -0.2) is 12.8 Å². The number of benzene rings is 3. The van der Waals surface area contributed by atoms with Crippen molar-refractivity contribution in [3.05, 3.63) is 89.2 Å². The molecule has 0 unspecified atom stereocenters. The summed E-state index contributed by atoms with van der Waals surface area (Å²) in [5, 5.41) is 2.79. The summed E-state index contributed by atoms with van der Waals surface area (Å²) in [5.41, 5.74) is 2.43. The lowest BCUT2D eigenvalue weighted by molar-refractivity contribution is -0.139. The van der Waals surface area contributed by atoms with Crippen molar-refractivity contribution in [2.24, 2.45) is 0 Å². The Bertz CT molecular complexity index is 1430. The molecule has 0 aromatic heterocycles. The first kappa shape index (κ1) is 30.6. The van der Waals surface area contributed by atoms with Gasteiger partial charge < -0.3 is 15.0 Å². The second kappa shape index (κ2) is 13.4. The van der Waals surface area contributed by atoms with E-state index in [4.69, 9.17) is 4.74 Å². The Morgan fingerprint density at radius 2 is 1.60 bits per heavy atom. The van der Waals surface area contributed by atoms with E-state index in [1.165, 1.54) is 48.4 Å². The fourth-order valence-electron chi connectivity index (χ4n) is 4.11. The molecule has 0 aliphatic heterocycles. The Morgan fingerprint density at radius 1 is 0.975 bits per heavy atom. The predicted octanol–water partition coefficient (Wildman–Crippen LogP) is 4.59. The van der Waals surface area contributed by atoms with Gasteiger partial charge in [0.05, 0.1) is 17.7 Å². The number of carbonyl (C=O) groups excluding carboxylic acids is 2. The van der Waals surface area contributed by atoms with Crippen molar-refractivity contribution in [3.8, 4) is 5.75 Å². The molecular weight excluding hydrogens is 533 g/mol. The van der Waals surface area contributed by atoms with Crippen LogP contribution in [0.5, 0.6) is 5.75 Å². The molecule has 0 heterocycles. The average molecular weight is 570 g/mol. The Hall–Kier alpha value is -3.92. The fourth-order valence-corrected chi connectivity index (χ4v) is 5.53. The summed E-state index contributed by atoms with van der Waals surface area (Å²) < 4.78 is 48.1. The first-order chi connectivity index (χ1) is 19.0. The van der Waals surface area contributed by atoms with Crippen molar-refractivity contribution in [2.75, 3.05) is 24.5 Å². The van der Waals surface area contributed by atoms with Gasteiger partial charge >= 0.3 is 0 Å². The van der Waals surface area contributed by atoms with Gasteiger partial charge in [0.1, 0.15) is 24.2 Å². The summed E-state index contributed by atoms with van der Waals surface area (Å²) in [7, 11) is -2.81. The molecule has 40 heavy (non-hydrogen) atoms. The van der Waals surface area contributed by atoms with Crippen LogP contribution >= 0.6 is 0 Å². The maximum Gasteiger partial charge on any atom is 0.264 e. The van der Waals surface area contributed by atoms with E-state index in [1.807, 2.05) is 20.8 Å². The van der Waals surface area contributed by atoms with Crippen LogP contribution in [0, 0.1) is 19.7 Å². The van der Waals surface area contributed by atoms with Gasteiger partial charge in [0.25, 0.3) is 10.0 Å². The molecule has 0 aliphatic carbocycles. The summed E-state index contributed by atoms with van der Waals surface area (Å²) in [6, 6.07) is 16.1. The zero-order valence-corrected chi connectivity index (χ0v) is 24.3. The molecule has 0 bridgehead atoms. The molecule has 3 rings (SSSR count). The maximum absolute atomic E-state index is 14.0. The number of methoxy groups -OCH3 is 1. The minimum Gasteiger partial charge on any atom is -0.495 e. The van der Waals surface area contributed by atoms with Gasteiger partial charge in [0.2, 0.25) is 11.8 Å². The van der Waals surface area contributed by atoms with Crippen LogP contribution in [0.1, 0.15) is 37.0 Å². The van der Waals surface area contributed by atoms with E-state index in [-0.39, 0.29) is 28.8 Å². The van der Waals surface area contributed by atoms with Crippen molar-refractivity contribution in [1.29, 1.82) is 0 Å². The number of hydrogen-bond acceptors (Lipinski definition) is 5. The third-order valence-electron chi connectivity index (χ3n) is 6.47. The first-order valence-electron chi connectivity index (χ1n) is 13.0. The molecule has 8 nitrogen and oxygen atoms in total. The number of carbonyl (C=O) groups is 2. The number of amides is 2. The highest BCUT2D eigenvalue weighted by Crippen LogP contribution is 2.33. The third-order valence-corrected chi connectivity index (χ3v) is 8.25. The first-order valence-corrected chi connectivity index (χ1v) is 14.5. The van der Waals surface area contributed by atoms with Gasteiger partial charge in [-0.1, -0.05) is 42.8 Å². The molecule has 3 aromatic rings. The lowest BCUT2D eigenvalue weighted by Crippen LogP contribution is -2.51. The van der Waals surface area contributed by atoms with E-state index in [2.05, 4.69) is 5.32 Å². The van der Waals surface area contributed by atoms with Crippen LogP contribution in [-0.2, 0) is 26.2 Å². The number of sulfonamides is 1. The summed E-state index contributed by atoms with van der Waals surface area (Å²) in [4.78, 5) is 28.2. The fraction of sp³-hybridized carbons (Fsp3) is 0.333. The molecule has 0 radical (unpaired) electrons. The molecule has 0 fully saturated rings. The average Bonchev–Trinajstić information content (AvgIpc) is 2.93. The van der Waals surface area contributed by atoms with Crippen LogP contribution in [0.15, 0.2) is 71.6 Å². The summed E-state index contributed by atoms with van der Waals surface area (Å²) in [6.45, 7) is 6.96. The minimum atomic E-state index is -4.23. The molecule has 0 saturated heterocycles. The van der Waals surface area contributed by atoms with Crippen molar-refractivity contribution >= 4 is 27.5 Å². The molecule has 1 atom stereocenters. The van der Waals surface area contributed by atoms with Crippen LogP contribution in [0.2, 0.25) is 0 Å². The quantitative estimate of drug-likeness (QED) is 0.344. The standard InChI is InChI=1S/C30H36FN3O5S/c1-6-17-32-30(36)23(4)33(19-24-10-12-25(31)13-11-24)29(35)20-34(27-18-22(3)9-16-28(27)39-5)40(37,38)26-14-7-21(2)8-15-26/h7-16,18,23H,6,17,19-20H2,1-5H3,(H,32,36)/t23-/m0/s1. The molecule has 2 amide bonds. The number of nitrogens with one attached hydrogen (secondary N) is 1. The second-order valence-corrected chi connectivity index (χ2v) is 11.5. The molecule has 0 saturated carbocycles. The van der Waals surface area contributed by atoms with Crippen LogP contribution in [0.25, 0.3) is 0 Å². The maximum atomic E-state index is 14.0. The molecule has 214 valence electrons. The number of hydrogen-bond donors (Lipinski definition) is 1. The smallest absolute Gasteiger partial charge is 0.264 e. The lowest BCUT2D eigenvalue weighted by Gasteiger charge is -2.32. The predicted molar refractivity (Wildman–Crippen MR) is 153 cm³/mol. The van der Waals surface area contributed by atoms with Crippen LogP contribution in [0.4, 0.5) is 10.1 Å². The van der Waals surface area contributed by atoms with E-state index in [0.29, 0.717) is 18.5 Å². The SMILES string of the molecule is CCCNC(=O)[C@H](C)N(Cc1ccc(F)cc1)C(=O)CN(c1cc(C)ccc1OC)S(=O)(=O)c1ccc(C)cc1. The Kier molecular flexibility index (Phi) is 10.3. The third kappa shape index (κ3) is 7.38. The monoisotopic (exact) mass is 569 g/mol. The Morgan fingerprint density at radius 3 is 2.20 bits per heavy atom. The van der Waals surface area contributed by atoms with E-state index in [9.17, 15) is 22.4 Å². The van der Waals surface area contributed by atoms with Crippen molar-refractivity contribution < 1.29 is 27.1 Å². The molecular formula is C30H36FN3O5S. The normalized spacial score (nSPS) is 11.9. The highest BCUT2D eigenvalue weighted by atomic mass is 32.2. The molecule has 1 N–H and O–H groups in total. The lowest BCUT2D eigenvalue weighted by atomic mass is 10.1. The molecule has 0 spiro atoms. The highest BCUT2D eigenvalue weighted by molar-refractivity contribution is 7.92. The van der Waals surface area contributed by atoms with Crippen LogP contribution in [-0.4, -0.2) is 51.4 Å². The molecule has 0 aliphatic rings. The Labute approximate surface area is 235 Å². The minimum absolute atomic E-state index is 0.00767. The number of ether oxygens (including phenoxy) is 1. The van der Waals surface area contributed by atoms with E-state index in [1.54, 1.807) is 37.3 Å². The topological polar surface area (TPSA) is 96.0 Å². The van der Waals surface area contributed by atoms with Crippen molar-refractivity contribution in [2.45, 2.75) is 51.6 Å². The zero-order valence-electron chi connectivity index (χ0n) is 23.5. The van der Waals surface area contributed by atoms with Gasteiger partial charge in [-0.05, 0) is 74.7 Å². The zero-order chi connectivity index (χ0) is 29.4. The number of rotatable bonds is 12. The Balaban J connectivity index is 2.08. The number of anilines is 1. The summed E-state index contributed by atoms with van der Waals surface area (Å²) in [6.07, 6.45) is 0.708. The van der Waals surface area contributed by atoms with Crippen molar-refractivity contribution in [1.82, 2.24) is 10.2 Å². The highest BCUT2D eigenvalue weighted by Gasteiger charge is 2.33. The summed E-state index contributed by atoms with van der Waals surface area (Å²) in [5.74, 6) is -1.15. The summed E-state index contributed by atoms with van der Waals surface area (Å²) >= 11 is 0. The number of halogens is 1. The van der Waals surface area contributed by atoms with Gasteiger partial charge in [0, 0.05) is 13.1 Å². The van der Waals surface area contributed by atoms with Crippen molar-refractivity contribution in [3.63, 3.8) is 0 Å². The van der Waals surface area contributed by atoms with E-state index in [0.717, 1.165) is 15.4 Å². The second-order valence-electron chi connectivity index (χ2n) is 9.62. The number of nitrogens with zero attached hydrogens (tertiary/aromatic N) is 2. The van der Waals surface area contributed by atoms with E-state index < -0.39 is 34.3 Å². The van der Waals surface area contributed by atoms with E-state index >= 15 is 0 Å². The van der Waals surface area contributed by atoms with Gasteiger partial charge in [-0.3, -0.25) is 13.9 Å². The number of aryl methyl sites for hydroxylation is 2. The van der Waals surface area contributed by atoms with Crippen LogP contribution in [0.3, 0.4) is 0 Å².